The van der Waals surface area contributed by atoms with Crippen molar-refractivity contribution in [3.63, 3.8) is 0 Å². The molecule has 1 aliphatic rings. The minimum absolute atomic E-state index is 0.300. The van der Waals surface area contributed by atoms with Crippen LogP contribution in [0.5, 0.6) is 0 Å². The van der Waals surface area contributed by atoms with Crippen molar-refractivity contribution in [1.29, 1.82) is 0 Å². The smallest absolute Gasteiger partial charge is 0.138 e. The maximum absolute atomic E-state index is 11.6. The number of benzene rings is 1. The van der Waals surface area contributed by atoms with Gasteiger partial charge in [0.05, 0.1) is 12.2 Å². The Balaban J connectivity index is 2.38. The van der Waals surface area contributed by atoms with Crippen molar-refractivity contribution in [2.24, 2.45) is 0 Å². The molecule has 0 spiro atoms. The number of carbonyl (C=O) groups excluding carboxylic acids is 1. The molecule has 1 heterocycles. The summed E-state index contributed by atoms with van der Waals surface area (Å²) in [6.07, 6.45) is 1.05. The highest BCUT2D eigenvalue weighted by molar-refractivity contribution is 5.80. The first-order valence-electron chi connectivity index (χ1n) is 5.75. The summed E-state index contributed by atoms with van der Waals surface area (Å²) in [7, 11) is 0. The fourth-order valence-electron chi connectivity index (χ4n) is 2.49. The molecule has 2 rings (SSSR count). The molecule has 0 radical (unpaired) electrons. The molecule has 2 heteroatoms. The molecule has 16 heavy (non-hydrogen) atoms. The first kappa shape index (κ1) is 11.3. The van der Waals surface area contributed by atoms with Gasteiger partial charge in [-0.1, -0.05) is 23.8 Å². The highest BCUT2D eigenvalue weighted by Gasteiger charge is 2.34. The van der Waals surface area contributed by atoms with E-state index < -0.39 is 5.60 Å². The van der Waals surface area contributed by atoms with E-state index in [9.17, 15) is 4.79 Å². The second-order valence-corrected chi connectivity index (χ2v) is 4.86. The lowest BCUT2D eigenvalue weighted by atomic mass is 9.84. The molecule has 1 atom stereocenters. The summed E-state index contributed by atoms with van der Waals surface area (Å²) in [6.45, 7) is 6.71. The third-order valence-electron chi connectivity index (χ3n) is 3.29. The molecule has 0 N–H and O–H groups in total. The van der Waals surface area contributed by atoms with Gasteiger partial charge >= 0.3 is 0 Å². The van der Waals surface area contributed by atoms with Crippen LogP contribution < -0.4 is 0 Å². The zero-order valence-corrected chi connectivity index (χ0v) is 10.2. The summed E-state index contributed by atoms with van der Waals surface area (Å²) in [6, 6.07) is 6.31. The van der Waals surface area contributed by atoms with Crippen LogP contribution in [0.4, 0.5) is 0 Å². The van der Waals surface area contributed by atoms with Gasteiger partial charge in [-0.3, -0.25) is 4.79 Å². The fourth-order valence-corrected chi connectivity index (χ4v) is 2.49. The van der Waals surface area contributed by atoms with Gasteiger partial charge in [-0.05, 0) is 31.9 Å². The first-order chi connectivity index (χ1) is 7.51. The van der Waals surface area contributed by atoms with Crippen molar-refractivity contribution in [3.05, 3.63) is 34.9 Å². The second-order valence-electron chi connectivity index (χ2n) is 4.86. The van der Waals surface area contributed by atoms with Gasteiger partial charge in [-0.2, -0.15) is 0 Å². The van der Waals surface area contributed by atoms with E-state index in [1.807, 2.05) is 6.92 Å². The molecule has 0 aromatic heterocycles. The lowest BCUT2D eigenvalue weighted by molar-refractivity contribution is -0.138. The molecule has 2 nitrogen and oxygen atoms in total. The van der Waals surface area contributed by atoms with Gasteiger partial charge in [0.25, 0.3) is 0 Å². The number of ketones is 1. The molecule has 1 aromatic carbocycles. The van der Waals surface area contributed by atoms with Crippen LogP contribution >= 0.6 is 0 Å². The lowest BCUT2D eigenvalue weighted by Gasteiger charge is -2.34. The van der Waals surface area contributed by atoms with Crippen LogP contribution in [0.2, 0.25) is 0 Å². The van der Waals surface area contributed by atoms with Crippen LogP contribution in [0.3, 0.4) is 0 Å². The van der Waals surface area contributed by atoms with Crippen LogP contribution in [0.1, 0.15) is 36.5 Å². The molecule has 0 bridgehead atoms. The summed E-state index contributed by atoms with van der Waals surface area (Å²) in [4.78, 5) is 11.6. The van der Waals surface area contributed by atoms with Crippen molar-refractivity contribution in [3.8, 4) is 0 Å². The summed E-state index contributed by atoms with van der Waals surface area (Å²) < 4.78 is 5.82. The zero-order chi connectivity index (χ0) is 11.8. The van der Waals surface area contributed by atoms with Gasteiger partial charge in [0.2, 0.25) is 0 Å². The Hall–Kier alpha value is -1.15. The van der Waals surface area contributed by atoms with E-state index in [4.69, 9.17) is 4.74 Å². The minimum Gasteiger partial charge on any atom is -0.370 e. The third-order valence-corrected chi connectivity index (χ3v) is 3.29. The average Bonchev–Trinajstić information content (AvgIpc) is 2.16. The van der Waals surface area contributed by atoms with Crippen LogP contribution in [-0.2, 0) is 15.1 Å². The van der Waals surface area contributed by atoms with Crippen molar-refractivity contribution in [2.45, 2.75) is 39.2 Å². The standard InChI is InChI=1S/C14H18O2/c1-10-4-5-13(11(2)8-10)14(3)9-12(15)6-7-16-14/h4-5,8H,6-7,9H2,1-3H3. The molecule has 1 aliphatic heterocycles. The first-order valence-corrected chi connectivity index (χ1v) is 5.75. The Labute approximate surface area is 96.6 Å². The predicted octanol–water partition coefficient (Wildman–Crippen LogP) is 2.90. The predicted molar refractivity (Wildman–Crippen MR) is 63.5 cm³/mol. The van der Waals surface area contributed by atoms with Gasteiger partial charge in [0.15, 0.2) is 0 Å². The van der Waals surface area contributed by atoms with Crippen molar-refractivity contribution in [2.75, 3.05) is 6.61 Å². The number of Topliss-reactive ketones (excluding diaryl/α,β-unsaturated/α-hetero) is 1. The zero-order valence-electron chi connectivity index (χ0n) is 10.2. The van der Waals surface area contributed by atoms with Gasteiger partial charge in [0.1, 0.15) is 5.78 Å². The highest BCUT2D eigenvalue weighted by atomic mass is 16.5. The molecule has 1 unspecified atom stereocenters. The second kappa shape index (κ2) is 4.02. The van der Waals surface area contributed by atoms with Crippen LogP contribution in [0.15, 0.2) is 18.2 Å². The Morgan fingerprint density at radius 2 is 2.06 bits per heavy atom. The topological polar surface area (TPSA) is 26.3 Å². The molecule has 1 fully saturated rings. The quantitative estimate of drug-likeness (QED) is 0.724. The van der Waals surface area contributed by atoms with Crippen LogP contribution in [0, 0.1) is 13.8 Å². The van der Waals surface area contributed by atoms with E-state index in [1.165, 1.54) is 11.1 Å². The van der Waals surface area contributed by atoms with Crippen LogP contribution in [0.25, 0.3) is 0 Å². The van der Waals surface area contributed by atoms with Crippen LogP contribution in [-0.4, -0.2) is 12.4 Å². The summed E-state index contributed by atoms with van der Waals surface area (Å²) >= 11 is 0. The largest absolute Gasteiger partial charge is 0.370 e. The lowest BCUT2D eigenvalue weighted by Crippen LogP contribution is -2.35. The number of hydrogen-bond donors (Lipinski definition) is 0. The molecule has 0 amide bonds. The van der Waals surface area contributed by atoms with Gasteiger partial charge in [-0.15, -0.1) is 0 Å². The minimum atomic E-state index is -0.423. The van der Waals surface area contributed by atoms with Crippen molar-refractivity contribution >= 4 is 5.78 Å². The molecule has 1 aromatic rings. The molecular weight excluding hydrogens is 200 g/mol. The summed E-state index contributed by atoms with van der Waals surface area (Å²) in [5, 5.41) is 0. The maximum atomic E-state index is 11.6. The van der Waals surface area contributed by atoms with Gasteiger partial charge in [0, 0.05) is 12.8 Å². The van der Waals surface area contributed by atoms with Crippen molar-refractivity contribution < 1.29 is 9.53 Å². The Kier molecular flexibility index (Phi) is 2.85. The molecule has 0 aliphatic carbocycles. The van der Waals surface area contributed by atoms with E-state index in [-0.39, 0.29) is 0 Å². The SMILES string of the molecule is Cc1ccc(C2(C)CC(=O)CCO2)c(C)c1. The van der Waals surface area contributed by atoms with Gasteiger partial charge < -0.3 is 4.74 Å². The summed E-state index contributed by atoms with van der Waals surface area (Å²) in [5.41, 5.74) is 3.17. The van der Waals surface area contributed by atoms with Gasteiger partial charge in [-0.25, -0.2) is 0 Å². The number of rotatable bonds is 1. The average molecular weight is 218 g/mol. The Morgan fingerprint density at radius 1 is 1.31 bits per heavy atom. The normalized spacial score (nSPS) is 25.8. The molecule has 86 valence electrons. The third kappa shape index (κ3) is 2.03. The molecule has 0 saturated carbocycles. The van der Waals surface area contributed by atoms with Crippen molar-refractivity contribution in [1.82, 2.24) is 0 Å². The number of carbonyl (C=O) groups is 1. The number of hydrogen-bond acceptors (Lipinski definition) is 2. The molecular formula is C14H18O2. The maximum Gasteiger partial charge on any atom is 0.138 e. The Bertz CT molecular complexity index is 423. The van der Waals surface area contributed by atoms with E-state index in [0.717, 1.165) is 5.56 Å². The monoisotopic (exact) mass is 218 g/mol. The van der Waals surface area contributed by atoms with E-state index >= 15 is 0 Å². The fraction of sp³-hybridized carbons (Fsp3) is 0.500. The number of ether oxygens (including phenoxy) is 1. The molecule has 1 saturated heterocycles. The van der Waals surface area contributed by atoms with E-state index in [0.29, 0.717) is 25.2 Å². The van der Waals surface area contributed by atoms with E-state index in [2.05, 4.69) is 32.0 Å². The van der Waals surface area contributed by atoms with E-state index in [1.54, 1.807) is 0 Å². The number of aryl methyl sites for hydroxylation is 2. The Morgan fingerprint density at radius 3 is 2.69 bits per heavy atom. The summed E-state index contributed by atoms with van der Waals surface area (Å²) in [5.74, 6) is 0.300. The highest BCUT2D eigenvalue weighted by Crippen LogP contribution is 2.35.